The predicted octanol–water partition coefficient (Wildman–Crippen LogP) is 3.60. The molecule has 0 radical (unpaired) electrons. The van der Waals surface area contributed by atoms with Gasteiger partial charge in [-0.15, -0.1) is 0 Å². The number of piperazine rings is 1. The van der Waals surface area contributed by atoms with Gasteiger partial charge in [0, 0.05) is 53.7 Å². The van der Waals surface area contributed by atoms with E-state index in [-0.39, 0.29) is 5.11 Å². The van der Waals surface area contributed by atoms with Gasteiger partial charge in [0.05, 0.1) is 6.26 Å². The van der Waals surface area contributed by atoms with Crippen LogP contribution in [0.25, 0.3) is 6.08 Å². The zero-order valence-electron chi connectivity index (χ0n) is 17.2. The van der Waals surface area contributed by atoms with Gasteiger partial charge in [-0.05, 0) is 60.3 Å². The van der Waals surface area contributed by atoms with Crippen molar-refractivity contribution in [1.82, 2.24) is 9.62 Å². The minimum absolute atomic E-state index is 0.163. The van der Waals surface area contributed by atoms with Gasteiger partial charge >= 0.3 is 0 Å². The normalized spacial score (nSPS) is 15.0. The summed E-state index contributed by atoms with van der Waals surface area (Å²) in [4.78, 5) is 14.2. The number of halogens is 2. The van der Waals surface area contributed by atoms with Crippen molar-refractivity contribution in [3.05, 3.63) is 64.1 Å². The maximum Gasteiger partial charge on any atom is 0.250 e. The fourth-order valence-corrected chi connectivity index (χ4v) is 4.67. The van der Waals surface area contributed by atoms with Gasteiger partial charge in [-0.1, -0.05) is 29.3 Å². The number of carbonyl (C=O) groups excluding carboxylic acids is 1. The summed E-state index contributed by atoms with van der Waals surface area (Å²) >= 11 is 17.1. The van der Waals surface area contributed by atoms with Crippen molar-refractivity contribution in [3.63, 3.8) is 0 Å². The van der Waals surface area contributed by atoms with Crippen molar-refractivity contribution in [1.29, 1.82) is 0 Å². The van der Waals surface area contributed by atoms with Crippen LogP contribution >= 0.6 is 35.4 Å². The molecular weight excluding hydrogens is 491 g/mol. The quantitative estimate of drug-likeness (QED) is 0.470. The number of rotatable bonds is 5. The lowest BCUT2D eigenvalue weighted by atomic mass is 10.2. The fraction of sp³-hybridized carbons (Fsp3) is 0.238. The van der Waals surface area contributed by atoms with Crippen LogP contribution in [0.5, 0.6) is 0 Å². The van der Waals surface area contributed by atoms with Crippen LogP contribution in [-0.4, -0.2) is 56.2 Å². The van der Waals surface area contributed by atoms with Gasteiger partial charge in [-0.2, -0.15) is 4.31 Å². The molecule has 1 heterocycles. The number of amides is 1. The highest BCUT2D eigenvalue weighted by atomic mass is 35.5. The maximum atomic E-state index is 12.1. The predicted molar refractivity (Wildman–Crippen MR) is 135 cm³/mol. The second kappa shape index (κ2) is 10.6. The molecule has 0 aliphatic carbocycles. The van der Waals surface area contributed by atoms with Crippen LogP contribution in [0.2, 0.25) is 10.0 Å². The number of anilines is 2. The van der Waals surface area contributed by atoms with Crippen LogP contribution in [-0.2, 0) is 14.8 Å². The van der Waals surface area contributed by atoms with E-state index < -0.39 is 15.9 Å². The Labute approximate surface area is 203 Å². The van der Waals surface area contributed by atoms with Crippen LogP contribution in [0, 0.1) is 0 Å². The molecule has 0 bridgehead atoms. The Kier molecular flexibility index (Phi) is 8.13. The first-order valence-electron chi connectivity index (χ1n) is 9.67. The molecule has 1 aliphatic rings. The molecular formula is C21H22Cl2N4O3S2. The van der Waals surface area contributed by atoms with Gasteiger partial charge < -0.3 is 10.2 Å². The van der Waals surface area contributed by atoms with E-state index >= 15 is 0 Å². The summed E-state index contributed by atoms with van der Waals surface area (Å²) in [6.45, 7) is 2.17. The number of carbonyl (C=O) groups is 1. The first-order chi connectivity index (χ1) is 15.1. The Morgan fingerprint density at radius 3 is 2.31 bits per heavy atom. The van der Waals surface area contributed by atoms with Gasteiger partial charge in [-0.25, -0.2) is 8.42 Å². The van der Waals surface area contributed by atoms with Gasteiger partial charge in [0.15, 0.2) is 5.11 Å². The molecule has 0 aromatic heterocycles. The monoisotopic (exact) mass is 512 g/mol. The van der Waals surface area contributed by atoms with Crippen molar-refractivity contribution in [2.45, 2.75) is 0 Å². The number of nitrogens with one attached hydrogen (secondary N) is 2. The van der Waals surface area contributed by atoms with Crippen LogP contribution < -0.4 is 15.5 Å². The molecule has 1 amide bonds. The molecule has 0 spiro atoms. The number of benzene rings is 2. The Bertz CT molecular complexity index is 1130. The summed E-state index contributed by atoms with van der Waals surface area (Å²) in [6, 6.07) is 12.5. The summed E-state index contributed by atoms with van der Waals surface area (Å²) in [5, 5.41) is 6.67. The molecule has 32 heavy (non-hydrogen) atoms. The average Bonchev–Trinajstić information content (AvgIpc) is 2.73. The summed E-state index contributed by atoms with van der Waals surface area (Å²) < 4.78 is 24.8. The molecule has 11 heteroatoms. The number of nitrogens with zero attached hydrogens (tertiary/aromatic N) is 2. The lowest BCUT2D eigenvalue weighted by molar-refractivity contribution is -0.115. The van der Waals surface area contributed by atoms with Gasteiger partial charge in [-0.3, -0.25) is 10.1 Å². The lowest BCUT2D eigenvalue weighted by Crippen LogP contribution is -2.48. The summed E-state index contributed by atoms with van der Waals surface area (Å²) in [7, 11) is -3.15. The fourth-order valence-electron chi connectivity index (χ4n) is 3.15. The Morgan fingerprint density at radius 1 is 1.06 bits per heavy atom. The van der Waals surface area contributed by atoms with E-state index in [1.165, 1.54) is 16.6 Å². The molecule has 0 saturated carbocycles. The molecule has 170 valence electrons. The highest BCUT2D eigenvalue weighted by molar-refractivity contribution is 7.88. The van der Waals surface area contributed by atoms with Crippen molar-refractivity contribution < 1.29 is 13.2 Å². The highest BCUT2D eigenvalue weighted by Crippen LogP contribution is 2.22. The molecule has 2 aromatic rings. The smallest absolute Gasteiger partial charge is 0.250 e. The second-order valence-electron chi connectivity index (χ2n) is 7.14. The van der Waals surface area contributed by atoms with E-state index in [4.69, 9.17) is 35.4 Å². The van der Waals surface area contributed by atoms with Crippen molar-refractivity contribution in [2.24, 2.45) is 0 Å². The summed E-state index contributed by atoms with van der Waals surface area (Å²) in [5.41, 5.74) is 2.37. The lowest BCUT2D eigenvalue weighted by Gasteiger charge is -2.34. The molecule has 1 fully saturated rings. The van der Waals surface area contributed by atoms with Crippen molar-refractivity contribution in [2.75, 3.05) is 42.7 Å². The minimum atomic E-state index is -3.15. The van der Waals surface area contributed by atoms with Crippen molar-refractivity contribution in [3.8, 4) is 0 Å². The Hall–Kier alpha value is -2.17. The largest absolute Gasteiger partial charge is 0.369 e. The molecule has 0 atom stereocenters. The molecule has 7 nitrogen and oxygen atoms in total. The maximum absolute atomic E-state index is 12.1. The number of sulfonamides is 1. The Morgan fingerprint density at radius 2 is 1.72 bits per heavy atom. The molecule has 1 saturated heterocycles. The number of hydrogen-bond donors (Lipinski definition) is 2. The molecule has 2 aromatic carbocycles. The van der Waals surface area contributed by atoms with E-state index in [0.29, 0.717) is 41.8 Å². The molecule has 0 unspecified atom stereocenters. The SMILES string of the molecule is CS(=O)(=O)N1CCN(c2ccc(NC(=S)NC(=O)/C=C/c3ccc(Cl)cc3Cl)cc2)CC1. The van der Waals surface area contributed by atoms with Gasteiger partial charge in [0.25, 0.3) is 0 Å². The highest BCUT2D eigenvalue weighted by Gasteiger charge is 2.23. The van der Waals surface area contributed by atoms with E-state index in [9.17, 15) is 13.2 Å². The topological polar surface area (TPSA) is 81.8 Å². The second-order valence-corrected chi connectivity index (χ2v) is 10.4. The van der Waals surface area contributed by atoms with E-state index in [1.54, 1.807) is 24.3 Å². The van der Waals surface area contributed by atoms with Gasteiger partial charge in [0.1, 0.15) is 0 Å². The third kappa shape index (κ3) is 6.91. The van der Waals surface area contributed by atoms with Crippen LogP contribution in [0.15, 0.2) is 48.5 Å². The summed E-state index contributed by atoms with van der Waals surface area (Å²) in [5.74, 6) is -0.395. The average molecular weight is 513 g/mol. The molecule has 3 rings (SSSR count). The van der Waals surface area contributed by atoms with Crippen LogP contribution in [0.3, 0.4) is 0 Å². The zero-order valence-corrected chi connectivity index (χ0v) is 20.4. The van der Waals surface area contributed by atoms with E-state index in [1.807, 2.05) is 24.3 Å². The summed E-state index contributed by atoms with van der Waals surface area (Å²) in [6.07, 6.45) is 4.14. The first-order valence-corrected chi connectivity index (χ1v) is 12.7. The first kappa shape index (κ1) is 24.5. The van der Waals surface area contributed by atoms with Crippen LogP contribution in [0.1, 0.15) is 5.56 Å². The van der Waals surface area contributed by atoms with Gasteiger partial charge in [0.2, 0.25) is 15.9 Å². The number of hydrogen-bond acceptors (Lipinski definition) is 5. The zero-order chi connectivity index (χ0) is 23.3. The standard InChI is InChI=1S/C21H22Cl2N4O3S2/c1-32(29,30)27-12-10-26(11-13-27)18-7-5-17(6-8-18)24-21(31)25-20(28)9-3-15-2-4-16(22)14-19(15)23/h2-9,14H,10-13H2,1H3,(H2,24,25,28,31)/b9-3+. The van der Waals surface area contributed by atoms with E-state index in [2.05, 4.69) is 15.5 Å². The molecule has 2 N–H and O–H groups in total. The number of thiocarbonyl (C=S) groups is 1. The Balaban J connectivity index is 1.50. The van der Waals surface area contributed by atoms with Crippen molar-refractivity contribution >= 4 is 73.9 Å². The third-order valence-electron chi connectivity index (χ3n) is 4.81. The van der Waals surface area contributed by atoms with E-state index in [0.717, 1.165) is 11.4 Å². The minimum Gasteiger partial charge on any atom is -0.369 e. The van der Waals surface area contributed by atoms with Crippen LogP contribution in [0.4, 0.5) is 11.4 Å². The third-order valence-corrected chi connectivity index (χ3v) is 6.88. The molecule has 1 aliphatic heterocycles.